The van der Waals surface area contributed by atoms with Crippen LogP contribution in [0.1, 0.15) is 47.0 Å². The summed E-state index contributed by atoms with van der Waals surface area (Å²) in [5.41, 5.74) is 1.76. The van der Waals surface area contributed by atoms with Crippen LogP contribution in [0.2, 0.25) is 0 Å². The van der Waals surface area contributed by atoms with E-state index in [1.54, 1.807) is 6.07 Å². The monoisotopic (exact) mass is 325 g/mol. The van der Waals surface area contributed by atoms with E-state index < -0.39 is 0 Å². The minimum absolute atomic E-state index is 0.118. The summed E-state index contributed by atoms with van der Waals surface area (Å²) in [5, 5.41) is 6.91. The lowest BCUT2D eigenvalue weighted by Gasteiger charge is -2.16. The largest absolute Gasteiger partial charge is 0.360 e. The molecule has 0 radical (unpaired) electrons. The Balaban J connectivity index is 1.23. The molecule has 1 aliphatic heterocycles. The third-order valence-corrected chi connectivity index (χ3v) is 4.91. The van der Waals surface area contributed by atoms with Crippen molar-refractivity contribution in [2.75, 3.05) is 19.6 Å². The van der Waals surface area contributed by atoms with Gasteiger partial charge in [0.15, 0.2) is 5.69 Å². The van der Waals surface area contributed by atoms with Crippen LogP contribution in [0.5, 0.6) is 0 Å². The molecular weight excluding hydrogens is 302 g/mol. The fourth-order valence-corrected chi connectivity index (χ4v) is 3.35. The van der Waals surface area contributed by atoms with Gasteiger partial charge < -0.3 is 9.84 Å². The second kappa shape index (κ2) is 6.77. The first-order valence-electron chi connectivity index (χ1n) is 8.79. The first-order chi connectivity index (χ1) is 11.8. The molecule has 126 valence electrons. The maximum Gasteiger partial charge on any atom is 0.273 e. The number of likely N-dealkylation sites (tertiary alicyclic amines) is 1. The number of amides is 1. The number of carbonyl (C=O) groups is 1. The molecule has 1 N–H and O–H groups in total. The molecule has 0 bridgehead atoms. The van der Waals surface area contributed by atoms with Gasteiger partial charge in [-0.3, -0.25) is 9.69 Å². The Morgan fingerprint density at radius 2 is 2.08 bits per heavy atom. The smallest absolute Gasteiger partial charge is 0.273 e. The molecule has 2 heterocycles. The molecule has 1 unspecified atom stereocenters. The molecule has 1 aromatic carbocycles. The Hall–Kier alpha value is -2.14. The molecule has 2 fully saturated rings. The van der Waals surface area contributed by atoms with Gasteiger partial charge in [-0.2, -0.15) is 0 Å². The molecule has 5 nitrogen and oxygen atoms in total. The average Bonchev–Trinajstić information content (AvgIpc) is 3.17. The van der Waals surface area contributed by atoms with E-state index in [1.165, 1.54) is 5.56 Å². The van der Waals surface area contributed by atoms with Gasteiger partial charge in [0, 0.05) is 31.6 Å². The SMILES string of the molecule is O=C(NCC1CCN(Cc2ccccc2)C1)c1cc(C2CC2)on1. The van der Waals surface area contributed by atoms with Crippen LogP contribution in [0.4, 0.5) is 0 Å². The maximum atomic E-state index is 12.2. The lowest BCUT2D eigenvalue weighted by atomic mass is 10.1. The van der Waals surface area contributed by atoms with Gasteiger partial charge in [0.2, 0.25) is 0 Å². The summed E-state index contributed by atoms with van der Waals surface area (Å²) in [7, 11) is 0. The van der Waals surface area contributed by atoms with E-state index >= 15 is 0 Å². The minimum atomic E-state index is -0.118. The fraction of sp³-hybridized carbons (Fsp3) is 0.474. The normalized spacial score (nSPS) is 21.1. The average molecular weight is 325 g/mol. The topological polar surface area (TPSA) is 58.4 Å². The predicted octanol–water partition coefficient (Wildman–Crippen LogP) is 2.80. The lowest BCUT2D eigenvalue weighted by Crippen LogP contribution is -2.31. The summed E-state index contributed by atoms with van der Waals surface area (Å²) in [5.74, 6) is 1.73. The minimum Gasteiger partial charge on any atom is -0.360 e. The van der Waals surface area contributed by atoms with Crippen molar-refractivity contribution in [3.63, 3.8) is 0 Å². The van der Waals surface area contributed by atoms with Crippen LogP contribution in [0, 0.1) is 5.92 Å². The van der Waals surface area contributed by atoms with Gasteiger partial charge in [0.05, 0.1) is 0 Å². The van der Waals surface area contributed by atoms with Crippen molar-refractivity contribution in [1.82, 2.24) is 15.4 Å². The second-order valence-corrected chi connectivity index (χ2v) is 6.97. The number of benzene rings is 1. The van der Waals surface area contributed by atoms with Crippen molar-refractivity contribution in [2.45, 2.75) is 31.7 Å². The molecule has 0 spiro atoms. The van der Waals surface area contributed by atoms with Crippen molar-refractivity contribution in [3.8, 4) is 0 Å². The van der Waals surface area contributed by atoms with Crippen LogP contribution in [0.3, 0.4) is 0 Å². The van der Waals surface area contributed by atoms with Crippen molar-refractivity contribution >= 4 is 5.91 Å². The highest BCUT2D eigenvalue weighted by Gasteiger charge is 2.29. The highest BCUT2D eigenvalue weighted by Crippen LogP contribution is 2.40. The van der Waals surface area contributed by atoms with Gasteiger partial charge in [-0.1, -0.05) is 35.5 Å². The standard InChI is InChI=1S/C19H23N3O2/c23-19(17-10-18(24-21-17)16-6-7-16)20-11-15-8-9-22(13-15)12-14-4-2-1-3-5-14/h1-5,10,15-16H,6-9,11-13H2,(H,20,23). The van der Waals surface area contributed by atoms with Gasteiger partial charge in [0.25, 0.3) is 5.91 Å². The zero-order valence-corrected chi connectivity index (χ0v) is 13.8. The number of carbonyl (C=O) groups excluding carboxylic acids is 1. The van der Waals surface area contributed by atoms with E-state index in [4.69, 9.17) is 4.52 Å². The molecule has 24 heavy (non-hydrogen) atoms. The number of hydrogen-bond acceptors (Lipinski definition) is 4. The van der Waals surface area contributed by atoms with Crippen LogP contribution < -0.4 is 5.32 Å². The van der Waals surface area contributed by atoms with Gasteiger partial charge in [-0.05, 0) is 37.3 Å². The van der Waals surface area contributed by atoms with Gasteiger partial charge >= 0.3 is 0 Å². The van der Waals surface area contributed by atoms with E-state index in [1.807, 2.05) is 6.07 Å². The van der Waals surface area contributed by atoms with E-state index in [-0.39, 0.29) is 5.91 Å². The number of nitrogens with one attached hydrogen (secondary N) is 1. The van der Waals surface area contributed by atoms with Crippen molar-refractivity contribution in [1.29, 1.82) is 0 Å². The number of hydrogen-bond donors (Lipinski definition) is 1. The van der Waals surface area contributed by atoms with Crippen molar-refractivity contribution in [3.05, 3.63) is 53.4 Å². The summed E-state index contributed by atoms with van der Waals surface area (Å²) in [6.07, 6.45) is 3.42. The van der Waals surface area contributed by atoms with E-state index in [2.05, 4.69) is 39.6 Å². The van der Waals surface area contributed by atoms with Crippen LogP contribution in [-0.2, 0) is 6.54 Å². The Kier molecular flexibility index (Phi) is 4.34. The maximum absolute atomic E-state index is 12.2. The first-order valence-corrected chi connectivity index (χ1v) is 8.79. The Labute approximate surface area is 142 Å². The molecule has 2 aliphatic rings. The molecule has 4 rings (SSSR count). The van der Waals surface area contributed by atoms with Crippen LogP contribution >= 0.6 is 0 Å². The molecular formula is C19H23N3O2. The lowest BCUT2D eigenvalue weighted by molar-refractivity contribution is 0.0938. The van der Waals surface area contributed by atoms with Crippen molar-refractivity contribution < 1.29 is 9.32 Å². The molecule has 1 atom stereocenters. The Morgan fingerprint density at radius 3 is 2.88 bits per heavy atom. The molecule has 5 heteroatoms. The molecule has 1 aliphatic carbocycles. The van der Waals surface area contributed by atoms with E-state index in [0.29, 0.717) is 24.1 Å². The van der Waals surface area contributed by atoms with Crippen molar-refractivity contribution in [2.24, 2.45) is 5.92 Å². The zero-order valence-electron chi connectivity index (χ0n) is 13.8. The molecule has 1 saturated heterocycles. The van der Waals surface area contributed by atoms with E-state index in [0.717, 1.165) is 44.7 Å². The van der Waals surface area contributed by atoms with Gasteiger partial charge in [-0.25, -0.2) is 0 Å². The Bertz CT molecular complexity index is 694. The third kappa shape index (κ3) is 3.67. The molecule has 2 aromatic rings. The quantitative estimate of drug-likeness (QED) is 0.887. The number of nitrogens with zero attached hydrogens (tertiary/aromatic N) is 2. The second-order valence-electron chi connectivity index (χ2n) is 6.97. The molecule has 1 amide bonds. The van der Waals surface area contributed by atoms with Crippen LogP contribution in [-0.4, -0.2) is 35.6 Å². The van der Waals surface area contributed by atoms with Crippen LogP contribution in [0.25, 0.3) is 0 Å². The highest BCUT2D eigenvalue weighted by molar-refractivity contribution is 5.92. The highest BCUT2D eigenvalue weighted by atomic mass is 16.5. The summed E-state index contributed by atoms with van der Waals surface area (Å²) in [6, 6.07) is 12.3. The number of aromatic nitrogens is 1. The predicted molar refractivity (Wildman–Crippen MR) is 90.6 cm³/mol. The summed E-state index contributed by atoms with van der Waals surface area (Å²) >= 11 is 0. The first kappa shape index (κ1) is 15.4. The fourth-order valence-electron chi connectivity index (χ4n) is 3.35. The van der Waals surface area contributed by atoms with Gasteiger partial charge in [-0.15, -0.1) is 0 Å². The zero-order chi connectivity index (χ0) is 16.4. The Morgan fingerprint density at radius 1 is 1.25 bits per heavy atom. The van der Waals surface area contributed by atoms with Gasteiger partial charge in [0.1, 0.15) is 5.76 Å². The van der Waals surface area contributed by atoms with E-state index in [9.17, 15) is 4.79 Å². The third-order valence-electron chi connectivity index (χ3n) is 4.91. The molecule has 1 saturated carbocycles. The van der Waals surface area contributed by atoms with Crippen LogP contribution in [0.15, 0.2) is 40.9 Å². The summed E-state index contributed by atoms with van der Waals surface area (Å²) < 4.78 is 5.25. The number of rotatable bonds is 6. The molecule has 1 aromatic heterocycles. The summed E-state index contributed by atoms with van der Waals surface area (Å²) in [6.45, 7) is 3.81. The summed E-state index contributed by atoms with van der Waals surface area (Å²) in [4.78, 5) is 14.6.